The number of hydrogen-bond donors (Lipinski definition) is 0. The molecule has 1 aromatic heterocycles. The fraction of sp³-hybridized carbons (Fsp3) is 0.200. The molecular formula is C20H19NO5. The van der Waals surface area contributed by atoms with E-state index in [9.17, 15) is 9.59 Å². The highest BCUT2D eigenvalue weighted by molar-refractivity contribution is 6.06. The van der Waals surface area contributed by atoms with Crippen LogP contribution in [0.1, 0.15) is 20.7 Å². The van der Waals surface area contributed by atoms with Crippen LogP contribution in [-0.2, 0) is 11.8 Å². The van der Waals surface area contributed by atoms with E-state index in [1.54, 1.807) is 24.4 Å². The number of carbonyl (C=O) groups is 2. The molecule has 0 unspecified atom stereocenters. The smallest absolute Gasteiger partial charge is 0.340 e. The molecule has 0 radical (unpaired) electrons. The van der Waals surface area contributed by atoms with E-state index in [4.69, 9.17) is 14.2 Å². The van der Waals surface area contributed by atoms with Crippen LogP contribution >= 0.6 is 0 Å². The summed E-state index contributed by atoms with van der Waals surface area (Å²) in [6, 6.07) is 12.3. The van der Waals surface area contributed by atoms with Crippen LogP contribution < -0.4 is 9.47 Å². The maximum Gasteiger partial charge on any atom is 0.340 e. The standard InChI is InChI=1S/C20H19NO5/c1-21-11-15(14-6-4-5-7-16(14)21)20(23)26-12-17(22)13-8-9-18(24-2)19(10-13)25-3/h4-11H,12H2,1-3H3. The Balaban J connectivity index is 1.74. The average Bonchev–Trinajstić information content (AvgIpc) is 3.02. The zero-order valence-electron chi connectivity index (χ0n) is 14.8. The van der Waals surface area contributed by atoms with Gasteiger partial charge in [-0.2, -0.15) is 0 Å². The molecule has 0 spiro atoms. The van der Waals surface area contributed by atoms with Crippen molar-refractivity contribution >= 4 is 22.7 Å². The van der Waals surface area contributed by atoms with E-state index >= 15 is 0 Å². The number of fused-ring (bicyclic) bond motifs is 1. The zero-order valence-corrected chi connectivity index (χ0v) is 14.8. The number of rotatable bonds is 6. The van der Waals surface area contributed by atoms with Crippen molar-refractivity contribution < 1.29 is 23.8 Å². The molecule has 0 N–H and O–H groups in total. The molecule has 1 heterocycles. The zero-order chi connectivity index (χ0) is 18.7. The molecule has 0 aliphatic heterocycles. The molecule has 3 rings (SSSR count). The van der Waals surface area contributed by atoms with E-state index in [1.165, 1.54) is 14.2 Å². The first-order valence-electron chi connectivity index (χ1n) is 8.01. The fourth-order valence-corrected chi connectivity index (χ4v) is 2.81. The van der Waals surface area contributed by atoms with Gasteiger partial charge in [0, 0.05) is 29.7 Å². The van der Waals surface area contributed by atoms with Crippen molar-refractivity contribution in [2.24, 2.45) is 7.05 Å². The number of hydrogen-bond acceptors (Lipinski definition) is 5. The highest BCUT2D eigenvalue weighted by Gasteiger charge is 2.17. The van der Waals surface area contributed by atoms with Gasteiger partial charge < -0.3 is 18.8 Å². The second-order valence-electron chi connectivity index (χ2n) is 5.74. The quantitative estimate of drug-likeness (QED) is 0.503. The second kappa shape index (κ2) is 7.31. The van der Waals surface area contributed by atoms with Gasteiger partial charge in [0.2, 0.25) is 0 Å². The summed E-state index contributed by atoms with van der Waals surface area (Å²) in [5.41, 5.74) is 1.74. The van der Waals surface area contributed by atoms with Crippen molar-refractivity contribution in [1.29, 1.82) is 0 Å². The van der Waals surface area contributed by atoms with E-state index in [0.29, 0.717) is 22.6 Å². The minimum absolute atomic E-state index is 0.320. The van der Waals surface area contributed by atoms with Gasteiger partial charge in [0.1, 0.15) is 0 Å². The number of methoxy groups -OCH3 is 2. The third-order valence-electron chi connectivity index (χ3n) is 4.16. The van der Waals surface area contributed by atoms with E-state index in [1.807, 2.05) is 35.9 Å². The Morgan fingerprint density at radius 3 is 2.46 bits per heavy atom. The van der Waals surface area contributed by atoms with Gasteiger partial charge in [-0.25, -0.2) is 4.79 Å². The predicted octanol–water partition coefficient (Wildman–Crippen LogP) is 3.24. The van der Waals surface area contributed by atoms with Crippen molar-refractivity contribution in [2.45, 2.75) is 0 Å². The highest BCUT2D eigenvalue weighted by atomic mass is 16.5. The number of aryl methyl sites for hydroxylation is 1. The maximum atomic E-state index is 12.4. The number of benzene rings is 2. The van der Waals surface area contributed by atoms with Crippen LogP contribution in [0.2, 0.25) is 0 Å². The Bertz CT molecular complexity index is 973. The number of esters is 1. The minimum atomic E-state index is -0.532. The number of aromatic nitrogens is 1. The third kappa shape index (κ3) is 3.26. The number of para-hydroxylation sites is 1. The number of ether oxygens (including phenoxy) is 3. The first-order chi connectivity index (χ1) is 12.5. The van der Waals surface area contributed by atoms with E-state index in [-0.39, 0.29) is 12.4 Å². The lowest BCUT2D eigenvalue weighted by Gasteiger charge is -2.09. The first-order valence-corrected chi connectivity index (χ1v) is 8.01. The van der Waals surface area contributed by atoms with Crippen molar-refractivity contribution in [2.75, 3.05) is 20.8 Å². The van der Waals surface area contributed by atoms with Crippen LogP contribution in [0, 0.1) is 0 Å². The van der Waals surface area contributed by atoms with Gasteiger partial charge >= 0.3 is 5.97 Å². The summed E-state index contributed by atoms with van der Waals surface area (Å²) in [5, 5.41) is 0.790. The molecule has 6 heteroatoms. The van der Waals surface area contributed by atoms with Gasteiger partial charge in [0.25, 0.3) is 0 Å². The van der Waals surface area contributed by atoms with Gasteiger partial charge in [0.15, 0.2) is 23.9 Å². The number of nitrogens with zero attached hydrogens (tertiary/aromatic N) is 1. The molecule has 134 valence electrons. The Morgan fingerprint density at radius 2 is 1.73 bits per heavy atom. The molecule has 0 atom stereocenters. The van der Waals surface area contributed by atoms with Crippen LogP contribution in [0.5, 0.6) is 11.5 Å². The van der Waals surface area contributed by atoms with Gasteiger partial charge in [-0.3, -0.25) is 4.79 Å². The first kappa shape index (κ1) is 17.5. The molecule has 3 aromatic rings. The normalized spacial score (nSPS) is 10.6. The van der Waals surface area contributed by atoms with Crippen molar-refractivity contribution in [3.63, 3.8) is 0 Å². The van der Waals surface area contributed by atoms with Crippen LogP contribution in [0.4, 0.5) is 0 Å². The molecule has 2 aromatic carbocycles. The molecule has 0 saturated carbocycles. The molecule has 0 bridgehead atoms. The molecule has 0 aliphatic carbocycles. The largest absolute Gasteiger partial charge is 0.493 e. The van der Waals surface area contributed by atoms with Crippen LogP contribution in [0.3, 0.4) is 0 Å². The van der Waals surface area contributed by atoms with Gasteiger partial charge in [-0.05, 0) is 24.3 Å². The number of Topliss-reactive ketones (excluding diaryl/α,β-unsaturated/α-hetero) is 1. The lowest BCUT2D eigenvalue weighted by Crippen LogP contribution is -2.14. The lowest BCUT2D eigenvalue weighted by molar-refractivity contribution is 0.0476. The molecule has 0 saturated heterocycles. The topological polar surface area (TPSA) is 66.8 Å². The fourth-order valence-electron chi connectivity index (χ4n) is 2.81. The molecular weight excluding hydrogens is 334 g/mol. The summed E-state index contributed by atoms with van der Waals surface area (Å²) in [6.07, 6.45) is 1.70. The Kier molecular flexibility index (Phi) is 4.93. The molecule has 26 heavy (non-hydrogen) atoms. The number of ketones is 1. The van der Waals surface area contributed by atoms with Crippen molar-refractivity contribution in [3.05, 3.63) is 59.8 Å². The maximum absolute atomic E-state index is 12.4. The van der Waals surface area contributed by atoms with E-state index in [0.717, 1.165) is 10.9 Å². The highest BCUT2D eigenvalue weighted by Crippen LogP contribution is 2.28. The lowest BCUT2D eigenvalue weighted by atomic mass is 10.1. The minimum Gasteiger partial charge on any atom is -0.493 e. The summed E-state index contributed by atoms with van der Waals surface area (Å²) < 4.78 is 17.4. The monoisotopic (exact) mass is 353 g/mol. The summed E-state index contributed by atoms with van der Waals surface area (Å²) in [6.45, 7) is -0.350. The van der Waals surface area contributed by atoms with Gasteiger partial charge in [-0.1, -0.05) is 18.2 Å². The Hall–Kier alpha value is -3.28. The van der Waals surface area contributed by atoms with Crippen molar-refractivity contribution in [1.82, 2.24) is 4.57 Å². The Labute approximate surface area is 150 Å². The average molecular weight is 353 g/mol. The van der Waals surface area contributed by atoms with Crippen LogP contribution in [0.25, 0.3) is 10.9 Å². The summed E-state index contributed by atoms with van der Waals surface area (Å²) in [5.74, 6) is 0.116. The van der Waals surface area contributed by atoms with E-state index in [2.05, 4.69) is 0 Å². The van der Waals surface area contributed by atoms with Gasteiger partial charge in [-0.15, -0.1) is 0 Å². The summed E-state index contributed by atoms with van der Waals surface area (Å²) in [4.78, 5) is 24.7. The SMILES string of the molecule is COc1ccc(C(=O)COC(=O)c2cn(C)c3ccccc23)cc1OC. The van der Waals surface area contributed by atoms with Crippen LogP contribution in [0.15, 0.2) is 48.7 Å². The second-order valence-corrected chi connectivity index (χ2v) is 5.74. The van der Waals surface area contributed by atoms with E-state index < -0.39 is 5.97 Å². The number of carbonyl (C=O) groups excluding carboxylic acids is 2. The Morgan fingerprint density at radius 1 is 1.00 bits per heavy atom. The molecule has 0 amide bonds. The predicted molar refractivity (Wildman–Crippen MR) is 97.1 cm³/mol. The third-order valence-corrected chi connectivity index (χ3v) is 4.16. The van der Waals surface area contributed by atoms with Crippen LogP contribution in [-0.4, -0.2) is 37.1 Å². The molecule has 0 aliphatic rings. The summed E-state index contributed by atoms with van der Waals surface area (Å²) in [7, 11) is 4.87. The van der Waals surface area contributed by atoms with Crippen molar-refractivity contribution in [3.8, 4) is 11.5 Å². The molecule has 6 nitrogen and oxygen atoms in total. The molecule has 0 fully saturated rings. The summed E-state index contributed by atoms with van der Waals surface area (Å²) >= 11 is 0. The van der Waals surface area contributed by atoms with Gasteiger partial charge in [0.05, 0.1) is 19.8 Å².